The van der Waals surface area contributed by atoms with Crippen LogP contribution in [0.3, 0.4) is 0 Å². The molecule has 140 valence electrons. The maximum absolute atomic E-state index is 13.3. The second kappa shape index (κ2) is 6.34. The predicted molar refractivity (Wildman–Crippen MR) is 105 cm³/mol. The van der Waals surface area contributed by atoms with Crippen molar-refractivity contribution in [3.63, 3.8) is 0 Å². The molecule has 3 heterocycles. The molecule has 1 aromatic carbocycles. The van der Waals surface area contributed by atoms with Gasteiger partial charge < -0.3 is 14.8 Å². The molecule has 1 amide bonds. The van der Waals surface area contributed by atoms with E-state index < -0.39 is 0 Å². The van der Waals surface area contributed by atoms with Crippen LogP contribution in [0.1, 0.15) is 35.2 Å². The van der Waals surface area contributed by atoms with Gasteiger partial charge in [-0.3, -0.25) is 4.79 Å². The zero-order valence-corrected chi connectivity index (χ0v) is 15.4. The van der Waals surface area contributed by atoms with Gasteiger partial charge >= 0.3 is 0 Å². The van der Waals surface area contributed by atoms with Crippen molar-refractivity contribution in [3.8, 4) is 6.07 Å². The Morgan fingerprint density at radius 1 is 1.18 bits per heavy atom. The van der Waals surface area contributed by atoms with E-state index in [1.54, 1.807) is 24.5 Å². The highest BCUT2D eigenvalue weighted by molar-refractivity contribution is 5.97. The summed E-state index contributed by atoms with van der Waals surface area (Å²) in [7, 11) is 0. The molecule has 3 aromatic rings. The fraction of sp³-hybridized carbons (Fsp3) is 0.333. The van der Waals surface area contributed by atoms with Crippen molar-refractivity contribution in [2.24, 2.45) is 0 Å². The van der Waals surface area contributed by atoms with Crippen molar-refractivity contribution >= 4 is 22.8 Å². The van der Waals surface area contributed by atoms with Gasteiger partial charge in [-0.1, -0.05) is 12.1 Å². The standard InChI is InChI=1S/C21H20N6O/c22-12-15-4-1-2-5-16(15)20(28)27-11-3-10-26(13-21(27)7-8-21)19-17-6-9-23-18(17)24-14-25-19/h1-2,4-6,9,14H,3,7-8,10-11,13H2,(H,23,24,25). The first-order valence-electron chi connectivity index (χ1n) is 9.56. The number of nitrogens with one attached hydrogen (secondary N) is 1. The van der Waals surface area contributed by atoms with Crippen LogP contribution in [0.15, 0.2) is 42.9 Å². The van der Waals surface area contributed by atoms with Gasteiger partial charge in [-0.25, -0.2) is 9.97 Å². The highest BCUT2D eigenvalue weighted by Gasteiger charge is 2.52. The average molecular weight is 372 g/mol. The number of fused-ring (bicyclic) bond motifs is 1. The summed E-state index contributed by atoms with van der Waals surface area (Å²) in [5, 5.41) is 10.4. The summed E-state index contributed by atoms with van der Waals surface area (Å²) >= 11 is 0. The minimum Gasteiger partial charge on any atom is -0.354 e. The molecule has 7 heteroatoms. The Bertz CT molecular complexity index is 1090. The second-order valence-electron chi connectivity index (χ2n) is 7.55. The zero-order valence-electron chi connectivity index (χ0n) is 15.4. The first-order valence-corrected chi connectivity index (χ1v) is 9.56. The molecule has 5 rings (SSSR count). The summed E-state index contributed by atoms with van der Waals surface area (Å²) < 4.78 is 0. The van der Waals surface area contributed by atoms with Crippen LogP contribution in [0.5, 0.6) is 0 Å². The number of hydrogen-bond donors (Lipinski definition) is 1. The van der Waals surface area contributed by atoms with Crippen LogP contribution < -0.4 is 4.90 Å². The summed E-state index contributed by atoms with van der Waals surface area (Å²) in [4.78, 5) is 29.6. The molecule has 1 saturated carbocycles. The van der Waals surface area contributed by atoms with E-state index in [2.05, 4.69) is 25.9 Å². The van der Waals surface area contributed by atoms with Gasteiger partial charge in [0.15, 0.2) is 0 Å². The van der Waals surface area contributed by atoms with E-state index in [9.17, 15) is 10.1 Å². The molecule has 0 radical (unpaired) electrons. The van der Waals surface area contributed by atoms with Crippen molar-refractivity contribution in [3.05, 3.63) is 54.0 Å². The number of aromatic nitrogens is 3. The third kappa shape index (κ3) is 2.61. The van der Waals surface area contributed by atoms with Gasteiger partial charge in [0, 0.05) is 25.8 Å². The van der Waals surface area contributed by atoms with Crippen LogP contribution >= 0.6 is 0 Å². The highest BCUT2D eigenvalue weighted by atomic mass is 16.2. The molecule has 2 fully saturated rings. The smallest absolute Gasteiger partial charge is 0.255 e. The van der Waals surface area contributed by atoms with Gasteiger partial charge in [0.1, 0.15) is 17.8 Å². The number of H-pyrrole nitrogens is 1. The van der Waals surface area contributed by atoms with Crippen molar-refractivity contribution in [2.45, 2.75) is 24.8 Å². The molecule has 2 aromatic heterocycles. The molecule has 1 aliphatic carbocycles. The van der Waals surface area contributed by atoms with E-state index in [1.165, 1.54) is 0 Å². The SMILES string of the molecule is N#Cc1ccccc1C(=O)N1CCCN(c2ncnc3[nH]ccc23)CC12CC2. The number of hydrogen-bond acceptors (Lipinski definition) is 5. The molecule has 0 unspecified atom stereocenters. The van der Waals surface area contributed by atoms with E-state index in [-0.39, 0.29) is 11.4 Å². The van der Waals surface area contributed by atoms with Gasteiger partial charge in [-0.15, -0.1) is 0 Å². The number of carbonyl (C=O) groups excluding carboxylic acids is 1. The quantitative estimate of drug-likeness (QED) is 0.747. The lowest BCUT2D eigenvalue weighted by molar-refractivity contribution is 0.0669. The van der Waals surface area contributed by atoms with E-state index in [0.717, 1.165) is 49.2 Å². The molecule has 28 heavy (non-hydrogen) atoms. The third-order valence-electron chi connectivity index (χ3n) is 5.85. The van der Waals surface area contributed by atoms with Crippen LogP contribution in [0, 0.1) is 11.3 Å². The van der Waals surface area contributed by atoms with Gasteiger partial charge in [0.2, 0.25) is 0 Å². The summed E-state index contributed by atoms with van der Waals surface area (Å²) in [5.74, 6) is 0.884. The van der Waals surface area contributed by atoms with Gasteiger partial charge in [-0.05, 0) is 37.5 Å². The molecule has 0 atom stereocenters. The summed E-state index contributed by atoms with van der Waals surface area (Å²) in [6, 6.07) is 11.2. The van der Waals surface area contributed by atoms with E-state index >= 15 is 0 Å². The number of nitriles is 1. The van der Waals surface area contributed by atoms with Crippen molar-refractivity contribution in [2.75, 3.05) is 24.5 Å². The predicted octanol–water partition coefficient (Wildman–Crippen LogP) is 2.71. The van der Waals surface area contributed by atoms with Gasteiger partial charge in [0.25, 0.3) is 5.91 Å². The Kier molecular flexibility index (Phi) is 3.79. The molecule has 1 aliphatic heterocycles. The normalized spacial score (nSPS) is 18.1. The van der Waals surface area contributed by atoms with Crippen molar-refractivity contribution < 1.29 is 4.79 Å². The van der Waals surface area contributed by atoms with Crippen LogP contribution in [0.4, 0.5) is 5.82 Å². The Balaban J connectivity index is 1.47. The monoisotopic (exact) mass is 372 g/mol. The Morgan fingerprint density at radius 3 is 2.86 bits per heavy atom. The molecule has 1 spiro atoms. The lowest BCUT2D eigenvalue weighted by atomic mass is 10.1. The maximum Gasteiger partial charge on any atom is 0.255 e. The van der Waals surface area contributed by atoms with E-state index in [1.807, 2.05) is 23.2 Å². The zero-order chi connectivity index (χ0) is 19.1. The maximum atomic E-state index is 13.3. The molecule has 1 saturated heterocycles. The number of anilines is 1. The molecule has 1 N–H and O–H groups in total. The molecule has 2 aliphatic rings. The number of carbonyl (C=O) groups is 1. The number of aromatic amines is 1. The summed E-state index contributed by atoms with van der Waals surface area (Å²) in [6.45, 7) is 2.28. The van der Waals surface area contributed by atoms with Crippen LogP contribution in [-0.4, -0.2) is 50.9 Å². The fourth-order valence-electron chi connectivity index (χ4n) is 4.27. The Hall–Kier alpha value is -3.40. The van der Waals surface area contributed by atoms with E-state index in [4.69, 9.17) is 0 Å². The second-order valence-corrected chi connectivity index (χ2v) is 7.55. The highest BCUT2D eigenvalue weighted by Crippen LogP contribution is 2.45. The Morgan fingerprint density at radius 2 is 2.04 bits per heavy atom. The molecule has 0 bridgehead atoms. The lowest BCUT2D eigenvalue weighted by Crippen LogP contribution is -2.47. The Labute approximate surface area is 162 Å². The molecule has 7 nitrogen and oxygen atoms in total. The van der Waals surface area contributed by atoms with Gasteiger partial charge in [0.05, 0.1) is 28.1 Å². The lowest BCUT2D eigenvalue weighted by Gasteiger charge is -2.33. The molecular weight excluding hydrogens is 352 g/mol. The first kappa shape index (κ1) is 16.8. The topological polar surface area (TPSA) is 88.9 Å². The summed E-state index contributed by atoms with van der Waals surface area (Å²) in [5.41, 5.74) is 1.59. The van der Waals surface area contributed by atoms with Crippen LogP contribution in [-0.2, 0) is 0 Å². The first-order chi connectivity index (χ1) is 13.7. The summed E-state index contributed by atoms with van der Waals surface area (Å²) in [6.07, 6.45) is 6.28. The minimum absolute atomic E-state index is 0.0361. The third-order valence-corrected chi connectivity index (χ3v) is 5.85. The number of benzene rings is 1. The largest absolute Gasteiger partial charge is 0.354 e. The fourth-order valence-corrected chi connectivity index (χ4v) is 4.27. The van der Waals surface area contributed by atoms with E-state index in [0.29, 0.717) is 17.7 Å². The molecular formula is C21H20N6O. The number of nitrogens with zero attached hydrogens (tertiary/aromatic N) is 5. The number of rotatable bonds is 2. The van der Waals surface area contributed by atoms with Gasteiger partial charge in [-0.2, -0.15) is 5.26 Å². The average Bonchev–Trinajstić information content (AvgIpc) is 3.39. The van der Waals surface area contributed by atoms with Crippen LogP contribution in [0.2, 0.25) is 0 Å². The van der Waals surface area contributed by atoms with Crippen molar-refractivity contribution in [1.29, 1.82) is 5.26 Å². The van der Waals surface area contributed by atoms with Crippen LogP contribution in [0.25, 0.3) is 11.0 Å². The number of amides is 1. The van der Waals surface area contributed by atoms with Crippen molar-refractivity contribution in [1.82, 2.24) is 19.9 Å². The minimum atomic E-state index is -0.177.